The third kappa shape index (κ3) is 2.57. The maximum absolute atomic E-state index is 6.25. The van der Waals surface area contributed by atoms with Gasteiger partial charge in [0.15, 0.2) is 10.8 Å². The molecule has 24 heavy (non-hydrogen) atoms. The summed E-state index contributed by atoms with van der Waals surface area (Å²) in [6, 6.07) is 14.9. The molecule has 0 bridgehead atoms. The molecule has 0 aliphatic rings. The first kappa shape index (κ1) is 14.6. The predicted molar refractivity (Wildman–Crippen MR) is 89.8 cm³/mol. The first-order valence-electron chi connectivity index (χ1n) is 7.15. The third-order valence-electron chi connectivity index (χ3n) is 3.48. The van der Waals surface area contributed by atoms with Crippen molar-refractivity contribution in [1.29, 1.82) is 0 Å². The van der Waals surface area contributed by atoms with Crippen LogP contribution in [0, 0.1) is 0 Å². The van der Waals surface area contributed by atoms with E-state index in [1.807, 2.05) is 30.3 Å². The van der Waals surface area contributed by atoms with Crippen LogP contribution in [0.4, 0.5) is 0 Å². The van der Waals surface area contributed by atoms with E-state index in [9.17, 15) is 0 Å². The number of nitrogens with zero attached hydrogens (tertiary/aromatic N) is 4. The quantitative estimate of drug-likeness (QED) is 0.562. The number of halogens is 1. The Hall–Kier alpha value is -2.99. The van der Waals surface area contributed by atoms with Crippen molar-refractivity contribution in [3.8, 4) is 28.8 Å². The lowest BCUT2D eigenvalue weighted by atomic mass is 10.2. The molecule has 0 spiro atoms. The molecule has 0 aliphatic heterocycles. The smallest absolute Gasteiger partial charge is 0.269 e. The summed E-state index contributed by atoms with van der Waals surface area (Å²) >= 11 is 6.25. The van der Waals surface area contributed by atoms with Crippen molar-refractivity contribution in [3.05, 3.63) is 53.7 Å². The van der Waals surface area contributed by atoms with E-state index >= 15 is 0 Å². The molecule has 6 nitrogen and oxygen atoms in total. The molecule has 0 saturated heterocycles. The molecule has 0 atom stereocenters. The Morgan fingerprint density at radius 2 is 1.71 bits per heavy atom. The third-order valence-corrected chi connectivity index (χ3v) is 3.74. The molecule has 4 aromatic rings. The summed E-state index contributed by atoms with van der Waals surface area (Å²) < 4.78 is 10.9. The average molecular weight is 339 g/mol. The topological polar surface area (TPSA) is 73.9 Å². The summed E-state index contributed by atoms with van der Waals surface area (Å²) in [5, 5.41) is 8.28. The highest BCUT2D eigenvalue weighted by Crippen LogP contribution is 2.29. The summed E-state index contributed by atoms with van der Waals surface area (Å²) in [5.74, 6) is 1.31. The zero-order valence-corrected chi connectivity index (χ0v) is 13.4. The van der Waals surface area contributed by atoms with Crippen molar-refractivity contribution in [2.24, 2.45) is 0 Å². The van der Waals surface area contributed by atoms with Crippen molar-refractivity contribution in [2.75, 3.05) is 7.11 Å². The minimum absolute atomic E-state index is 0.194. The maximum Gasteiger partial charge on any atom is 0.269 e. The fourth-order valence-electron chi connectivity index (χ4n) is 2.29. The second-order valence-electron chi connectivity index (χ2n) is 5.00. The zero-order valence-electron chi connectivity index (χ0n) is 12.6. The second kappa shape index (κ2) is 5.90. The highest BCUT2D eigenvalue weighted by molar-refractivity contribution is 6.32. The Kier molecular flexibility index (Phi) is 3.59. The van der Waals surface area contributed by atoms with E-state index in [0.717, 1.165) is 5.56 Å². The lowest BCUT2D eigenvalue weighted by Crippen LogP contribution is -1.92. The van der Waals surface area contributed by atoms with Crippen LogP contribution in [-0.4, -0.2) is 27.3 Å². The molecule has 0 radical (unpaired) electrons. The van der Waals surface area contributed by atoms with E-state index in [-0.39, 0.29) is 11.0 Å². The van der Waals surface area contributed by atoms with Gasteiger partial charge in [-0.1, -0.05) is 29.8 Å². The number of hydrogen-bond acceptors (Lipinski definition) is 6. The van der Waals surface area contributed by atoms with Crippen molar-refractivity contribution in [2.45, 2.75) is 0 Å². The first-order valence-corrected chi connectivity index (χ1v) is 7.53. The van der Waals surface area contributed by atoms with Gasteiger partial charge in [0, 0.05) is 11.6 Å². The van der Waals surface area contributed by atoms with Crippen LogP contribution in [0.15, 0.2) is 52.9 Å². The van der Waals surface area contributed by atoms with Crippen molar-refractivity contribution < 1.29 is 9.15 Å². The normalized spacial score (nSPS) is 10.9. The Balaban J connectivity index is 1.79. The van der Waals surface area contributed by atoms with Gasteiger partial charge in [-0.25, -0.2) is 9.97 Å². The van der Waals surface area contributed by atoms with Gasteiger partial charge in [-0.15, -0.1) is 10.2 Å². The standard InChI is InChI=1S/C17H11ClN4O2/c1-23-11-7-8-12-13(9-11)20-15(18)14(19-12)17-22-21-16(24-17)10-5-3-2-4-6-10/h2-9H,1H3. The number of methoxy groups -OCH3 is 1. The second-order valence-corrected chi connectivity index (χ2v) is 5.35. The van der Waals surface area contributed by atoms with Crippen LogP contribution >= 0.6 is 11.6 Å². The Morgan fingerprint density at radius 3 is 2.50 bits per heavy atom. The molecule has 0 saturated carbocycles. The number of benzene rings is 2. The minimum atomic E-state index is 0.194. The fraction of sp³-hybridized carbons (Fsp3) is 0.0588. The lowest BCUT2D eigenvalue weighted by Gasteiger charge is -2.04. The lowest BCUT2D eigenvalue weighted by molar-refractivity contribution is 0.415. The molecule has 0 aliphatic carbocycles. The fourth-order valence-corrected chi connectivity index (χ4v) is 2.51. The Bertz CT molecular complexity index is 1020. The summed E-state index contributed by atoms with van der Waals surface area (Å²) in [7, 11) is 1.59. The van der Waals surface area contributed by atoms with E-state index < -0.39 is 0 Å². The van der Waals surface area contributed by atoms with Crippen LogP contribution in [-0.2, 0) is 0 Å². The number of aromatic nitrogens is 4. The van der Waals surface area contributed by atoms with Crippen molar-refractivity contribution >= 4 is 22.6 Å². The number of hydrogen-bond donors (Lipinski definition) is 0. The highest BCUT2D eigenvalue weighted by atomic mass is 35.5. The van der Waals surface area contributed by atoms with Gasteiger partial charge in [0.25, 0.3) is 5.89 Å². The zero-order chi connectivity index (χ0) is 16.5. The van der Waals surface area contributed by atoms with Gasteiger partial charge in [-0.2, -0.15) is 0 Å². The van der Waals surface area contributed by atoms with Crippen LogP contribution < -0.4 is 4.74 Å². The van der Waals surface area contributed by atoms with Gasteiger partial charge in [0.05, 0.1) is 18.1 Å². The van der Waals surface area contributed by atoms with E-state index in [4.69, 9.17) is 20.8 Å². The molecule has 0 amide bonds. The van der Waals surface area contributed by atoms with Crippen LogP contribution in [0.5, 0.6) is 5.75 Å². The van der Waals surface area contributed by atoms with Crippen LogP contribution in [0.3, 0.4) is 0 Å². The van der Waals surface area contributed by atoms with E-state index in [1.54, 1.807) is 25.3 Å². The number of fused-ring (bicyclic) bond motifs is 1. The Morgan fingerprint density at radius 1 is 0.917 bits per heavy atom. The molecule has 118 valence electrons. The first-order chi connectivity index (χ1) is 11.7. The van der Waals surface area contributed by atoms with E-state index in [2.05, 4.69) is 20.2 Å². The largest absolute Gasteiger partial charge is 0.497 e. The predicted octanol–water partition coefficient (Wildman–Crippen LogP) is 4.01. The molecular weight excluding hydrogens is 328 g/mol. The maximum atomic E-state index is 6.25. The van der Waals surface area contributed by atoms with Crippen LogP contribution in [0.1, 0.15) is 0 Å². The molecule has 7 heteroatoms. The molecule has 2 aromatic carbocycles. The van der Waals surface area contributed by atoms with E-state index in [1.165, 1.54) is 0 Å². The number of ether oxygens (including phenoxy) is 1. The van der Waals surface area contributed by atoms with Crippen molar-refractivity contribution in [1.82, 2.24) is 20.2 Å². The molecule has 4 rings (SSSR count). The number of rotatable bonds is 3. The van der Waals surface area contributed by atoms with Crippen molar-refractivity contribution in [3.63, 3.8) is 0 Å². The molecule has 0 fully saturated rings. The van der Waals surface area contributed by atoms with Gasteiger partial charge in [0.1, 0.15) is 5.75 Å². The molecular formula is C17H11ClN4O2. The molecule has 2 aromatic heterocycles. The summed E-state index contributed by atoms with van der Waals surface area (Å²) in [4.78, 5) is 8.82. The van der Waals surface area contributed by atoms with Gasteiger partial charge >= 0.3 is 0 Å². The average Bonchev–Trinajstić information content (AvgIpc) is 3.11. The molecule has 0 unspecified atom stereocenters. The summed E-state index contributed by atoms with van der Waals surface area (Å²) in [6.45, 7) is 0. The minimum Gasteiger partial charge on any atom is -0.497 e. The van der Waals surface area contributed by atoms with Gasteiger partial charge < -0.3 is 9.15 Å². The van der Waals surface area contributed by atoms with Gasteiger partial charge in [-0.3, -0.25) is 0 Å². The van der Waals surface area contributed by atoms with Gasteiger partial charge in [-0.05, 0) is 24.3 Å². The molecule has 2 heterocycles. The SMILES string of the molecule is COc1ccc2nc(-c3nnc(-c4ccccc4)o3)c(Cl)nc2c1. The van der Waals surface area contributed by atoms with Gasteiger partial charge in [0.2, 0.25) is 5.89 Å². The Labute approximate surface area is 142 Å². The monoisotopic (exact) mass is 338 g/mol. The van der Waals surface area contributed by atoms with Crippen LogP contribution in [0.25, 0.3) is 34.1 Å². The summed E-state index contributed by atoms with van der Waals surface area (Å²) in [5.41, 5.74) is 2.47. The molecule has 0 N–H and O–H groups in total. The van der Waals surface area contributed by atoms with Crippen LogP contribution in [0.2, 0.25) is 5.15 Å². The van der Waals surface area contributed by atoms with E-state index in [0.29, 0.717) is 28.4 Å². The highest BCUT2D eigenvalue weighted by Gasteiger charge is 2.17. The summed E-state index contributed by atoms with van der Waals surface area (Å²) in [6.07, 6.45) is 0.